The van der Waals surface area contributed by atoms with Crippen LogP contribution in [0.3, 0.4) is 0 Å². The third kappa shape index (κ3) is 3.70. The lowest BCUT2D eigenvalue weighted by Crippen LogP contribution is -2.30. The van der Waals surface area contributed by atoms with Crippen LogP contribution in [0.4, 0.5) is 0 Å². The molecule has 30 heavy (non-hydrogen) atoms. The predicted octanol–water partition coefficient (Wildman–Crippen LogP) is 4.35. The Balaban J connectivity index is 2.25. The summed E-state index contributed by atoms with van der Waals surface area (Å²) in [4.78, 5) is 31.4. The minimum absolute atomic E-state index is 0.101. The average Bonchev–Trinajstić information content (AvgIpc) is 2.98. The number of methoxy groups -OCH3 is 1. The Morgan fingerprint density at radius 2 is 2.03 bits per heavy atom. The van der Waals surface area contributed by atoms with Crippen molar-refractivity contribution in [1.82, 2.24) is 9.88 Å². The lowest BCUT2D eigenvalue weighted by atomic mass is 9.91. The summed E-state index contributed by atoms with van der Waals surface area (Å²) < 4.78 is 5.49. The number of aliphatic hydroxyl groups excluding tert-OH is 1. The molecule has 2 aromatic rings. The highest BCUT2D eigenvalue weighted by Gasteiger charge is 2.45. The van der Waals surface area contributed by atoms with Crippen molar-refractivity contribution in [1.29, 1.82) is 0 Å². The van der Waals surface area contributed by atoms with E-state index in [1.54, 1.807) is 25.6 Å². The van der Waals surface area contributed by atoms with Gasteiger partial charge in [-0.05, 0) is 54.2 Å². The number of benzene rings is 1. The molecule has 6 heteroatoms. The number of pyridine rings is 1. The van der Waals surface area contributed by atoms with Crippen LogP contribution in [0.5, 0.6) is 5.75 Å². The molecule has 0 bridgehead atoms. The summed E-state index contributed by atoms with van der Waals surface area (Å²) in [5, 5.41) is 11.3. The molecular formula is C24H28N2O4. The van der Waals surface area contributed by atoms with Crippen LogP contribution >= 0.6 is 0 Å². The lowest BCUT2D eigenvalue weighted by Gasteiger charge is -2.25. The van der Waals surface area contributed by atoms with E-state index in [9.17, 15) is 14.7 Å². The SMILES string of the molecule is CCCN1C(=O)C(=O)/C(=C(/O)c2cc(C(C)C)c(OC)cc2C)C1c1cccnc1. The Labute approximate surface area is 177 Å². The fraction of sp³-hybridized carbons (Fsp3) is 0.375. The first-order valence-corrected chi connectivity index (χ1v) is 10.2. The van der Waals surface area contributed by atoms with E-state index in [2.05, 4.69) is 4.98 Å². The third-order valence-corrected chi connectivity index (χ3v) is 5.46. The molecule has 6 nitrogen and oxygen atoms in total. The summed E-state index contributed by atoms with van der Waals surface area (Å²) in [7, 11) is 1.61. The van der Waals surface area contributed by atoms with Gasteiger partial charge in [0.05, 0.1) is 18.7 Å². The molecule has 1 N–H and O–H groups in total. The van der Waals surface area contributed by atoms with Crippen molar-refractivity contribution >= 4 is 17.4 Å². The average molecular weight is 408 g/mol. The molecule has 1 aromatic carbocycles. The third-order valence-electron chi connectivity index (χ3n) is 5.46. The van der Waals surface area contributed by atoms with Gasteiger partial charge in [-0.2, -0.15) is 0 Å². The molecule has 0 saturated carbocycles. The molecule has 1 atom stereocenters. The van der Waals surface area contributed by atoms with Gasteiger partial charge in [-0.1, -0.05) is 26.8 Å². The first-order valence-electron chi connectivity index (χ1n) is 10.2. The highest BCUT2D eigenvalue weighted by atomic mass is 16.5. The quantitative estimate of drug-likeness (QED) is 0.437. The van der Waals surface area contributed by atoms with Crippen LogP contribution in [-0.2, 0) is 9.59 Å². The molecule has 2 heterocycles. The maximum Gasteiger partial charge on any atom is 0.295 e. The van der Waals surface area contributed by atoms with Crippen molar-refractivity contribution in [2.75, 3.05) is 13.7 Å². The molecule has 0 spiro atoms. The van der Waals surface area contributed by atoms with E-state index in [0.717, 1.165) is 16.9 Å². The highest BCUT2D eigenvalue weighted by molar-refractivity contribution is 6.46. The van der Waals surface area contributed by atoms with Crippen LogP contribution in [-0.4, -0.2) is 40.3 Å². The van der Waals surface area contributed by atoms with Gasteiger partial charge in [0.2, 0.25) is 0 Å². The number of carbonyl (C=O) groups is 2. The number of amides is 1. The van der Waals surface area contributed by atoms with Crippen LogP contribution in [0.2, 0.25) is 0 Å². The van der Waals surface area contributed by atoms with Crippen LogP contribution in [0.15, 0.2) is 42.2 Å². The van der Waals surface area contributed by atoms with Crippen molar-refractivity contribution < 1.29 is 19.4 Å². The fourth-order valence-corrected chi connectivity index (χ4v) is 3.96. The van der Waals surface area contributed by atoms with E-state index in [1.807, 2.05) is 45.9 Å². The second-order valence-corrected chi connectivity index (χ2v) is 7.84. The maximum atomic E-state index is 13.0. The molecule has 1 saturated heterocycles. The zero-order valence-electron chi connectivity index (χ0n) is 18.1. The van der Waals surface area contributed by atoms with Gasteiger partial charge in [0.15, 0.2) is 0 Å². The smallest absolute Gasteiger partial charge is 0.295 e. The second-order valence-electron chi connectivity index (χ2n) is 7.84. The van der Waals surface area contributed by atoms with Gasteiger partial charge in [-0.25, -0.2) is 0 Å². The van der Waals surface area contributed by atoms with E-state index in [4.69, 9.17) is 4.74 Å². The summed E-state index contributed by atoms with van der Waals surface area (Å²) >= 11 is 0. The number of nitrogens with zero attached hydrogens (tertiary/aromatic N) is 2. The van der Waals surface area contributed by atoms with E-state index < -0.39 is 17.7 Å². The fourth-order valence-electron chi connectivity index (χ4n) is 3.96. The highest BCUT2D eigenvalue weighted by Crippen LogP contribution is 2.41. The molecule has 0 radical (unpaired) electrons. The Hall–Kier alpha value is -3.15. The van der Waals surface area contributed by atoms with Gasteiger partial charge in [0, 0.05) is 24.5 Å². The number of aromatic nitrogens is 1. The minimum Gasteiger partial charge on any atom is -0.507 e. The summed E-state index contributed by atoms with van der Waals surface area (Å²) in [5.74, 6) is -0.542. The molecule has 1 aliphatic heterocycles. The number of hydrogen-bond acceptors (Lipinski definition) is 5. The largest absolute Gasteiger partial charge is 0.507 e. The minimum atomic E-state index is -0.670. The monoisotopic (exact) mass is 408 g/mol. The summed E-state index contributed by atoms with van der Waals surface area (Å²) in [5.41, 5.74) is 3.01. The first-order chi connectivity index (χ1) is 14.3. The van der Waals surface area contributed by atoms with Gasteiger partial charge >= 0.3 is 0 Å². The number of likely N-dealkylation sites (tertiary alicyclic amines) is 1. The van der Waals surface area contributed by atoms with Crippen molar-refractivity contribution in [2.24, 2.45) is 0 Å². The number of rotatable bonds is 6. The second kappa shape index (κ2) is 8.69. The van der Waals surface area contributed by atoms with Gasteiger partial charge in [0.1, 0.15) is 11.5 Å². The molecule has 1 aliphatic rings. The summed E-state index contributed by atoms with van der Waals surface area (Å²) in [6, 6.07) is 6.62. The molecule has 1 aromatic heterocycles. The summed E-state index contributed by atoms with van der Waals surface area (Å²) in [6.45, 7) is 8.28. The van der Waals surface area contributed by atoms with Crippen LogP contribution in [0, 0.1) is 6.92 Å². The Bertz CT molecular complexity index is 996. The Morgan fingerprint density at radius 1 is 1.30 bits per heavy atom. The van der Waals surface area contributed by atoms with Crippen molar-refractivity contribution in [3.05, 3.63) is 64.5 Å². The van der Waals surface area contributed by atoms with Crippen molar-refractivity contribution in [3.8, 4) is 5.75 Å². The number of ketones is 1. The Kier molecular flexibility index (Phi) is 6.25. The molecule has 158 valence electrons. The molecule has 1 amide bonds. The van der Waals surface area contributed by atoms with E-state index in [1.165, 1.54) is 4.90 Å². The normalized spacial score (nSPS) is 18.3. The topological polar surface area (TPSA) is 79.7 Å². The number of carbonyl (C=O) groups excluding carboxylic acids is 2. The molecule has 0 aliphatic carbocycles. The molecule has 1 fully saturated rings. The van der Waals surface area contributed by atoms with Crippen LogP contribution < -0.4 is 4.74 Å². The maximum absolute atomic E-state index is 13.0. The van der Waals surface area contributed by atoms with E-state index in [-0.39, 0.29) is 17.3 Å². The van der Waals surface area contributed by atoms with E-state index in [0.29, 0.717) is 24.1 Å². The molecular weight excluding hydrogens is 380 g/mol. The zero-order chi connectivity index (χ0) is 22.0. The predicted molar refractivity (Wildman–Crippen MR) is 115 cm³/mol. The first kappa shape index (κ1) is 21.6. The Morgan fingerprint density at radius 3 is 2.60 bits per heavy atom. The molecule has 1 unspecified atom stereocenters. The standard InChI is InChI=1S/C24H28N2O4/c1-6-10-26-21(16-8-7-9-25-13-16)20(23(28)24(26)29)22(27)18-12-17(14(2)3)19(30-5)11-15(18)4/h7-9,11-14,21,27H,6,10H2,1-5H3/b22-20+. The van der Waals surface area contributed by atoms with Gasteiger partial charge in [-0.3, -0.25) is 14.6 Å². The molecule has 3 rings (SSSR count). The summed E-state index contributed by atoms with van der Waals surface area (Å²) in [6.07, 6.45) is 3.97. The number of Topliss-reactive ketones (excluding diaryl/α,β-unsaturated/α-hetero) is 1. The van der Waals surface area contributed by atoms with Gasteiger partial charge in [0.25, 0.3) is 11.7 Å². The number of aliphatic hydroxyl groups is 1. The number of hydrogen-bond donors (Lipinski definition) is 1. The number of aryl methyl sites for hydroxylation is 1. The number of ether oxygens (including phenoxy) is 1. The lowest BCUT2D eigenvalue weighted by molar-refractivity contribution is -0.139. The van der Waals surface area contributed by atoms with Crippen molar-refractivity contribution in [2.45, 2.75) is 46.1 Å². The van der Waals surface area contributed by atoms with Gasteiger partial charge in [-0.15, -0.1) is 0 Å². The van der Waals surface area contributed by atoms with Gasteiger partial charge < -0.3 is 14.7 Å². The van der Waals surface area contributed by atoms with E-state index >= 15 is 0 Å². The van der Waals surface area contributed by atoms with Crippen LogP contribution in [0.1, 0.15) is 61.4 Å². The zero-order valence-corrected chi connectivity index (χ0v) is 18.1. The van der Waals surface area contributed by atoms with Crippen molar-refractivity contribution in [3.63, 3.8) is 0 Å². The van der Waals surface area contributed by atoms with Crippen LogP contribution in [0.25, 0.3) is 5.76 Å².